The Labute approximate surface area is 77.2 Å². The van der Waals surface area contributed by atoms with E-state index >= 15 is 0 Å². The lowest BCUT2D eigenvalue weighted by Crippen LogP contribution is -2.36. The van der Waals surface area contributed by atoms with Gasteiger partial charge in [-0.1, -0.05) is 23.2 Å². The van der Waals surface area contributed by atoms with Crippen molar-refractivity contribution in [3.8, 4) is 0 Å². The first-order chi connectivity index (χ1) is 4.36. The van der Waals surface area contributed by atoms with Crippen LogP contribution >= 0.6 is 34.8 Å². The molecule has 0 aromatic carbocycles. The summed E-state index contributed by atoms with van der Waals surface area (Å²) in [5.74, 6) is 0. The molecule has 1 unspecified atom stereocenters. The molecule has 0 aliphatic heterocycles. The average Bonchev–Trinajstić information content (AvgIpc) is 1.60. The third kappa shape index (κ3) is 3.87. The van der Waals surface area contributed by atoms with Crippen molar-refractivity contribution < 1.29 is 0 Å². The van der Waals surface area contributed by atoms with Crippen molar-refractivity contribution in [3.05, 3.63) is 0 Å². The van der Waals surface area contributed by atoms with E-state index in [1.807, 2.05) is 19.0 Å². The molecule has 0 aliphatic carbocycles. The molecule has 4 heteroatoms. The summed E-state index contributed by atoms with van der Waals surface area (Å²) in [6.07, 6.45) is 0. The standard InChI is InChI=1S/C6H12Cl3N/c1-5(7)6(8,9)4-10(2)3/h5H,4H2,1-3H3. The highest BCUT2D eigenvalue weighted by molar-refractivity contribution is 6.52. The third-order valence-electron chi connectivity index (χ3n) is 1.11. The fourth-order valence-corrected chi connectivity index (χ4v) is 1.09. The molecule has 0 N–H and O–H groups in total. The van der Waals surface area contributed by atoms with E-state index in [-0.39, 0.29) is 5.38 Å². The van der Waals surface area contributed by atoms with E-state index in [4.69, 9.17) is 34.8 Å². The normalized spacial score (nSPS) is 15.9. The molecule has 0 spiro atoms. The molecule has 0 heterocycles. The van der Waals surface area contributed by atoms with E-state index in [1.165, 1.54) is 0 Å². The summed E-state index contributed by atoms with van der Waals surface area (Å²) >= 11 is 17.4. The highest BCUT2D eigenvalue weighted by Gasteiger charge is 2.30. The van der Waals surface area contributed by atoms with Gasteiger partial charge in [0.15, 0.2) is 0 Å². The number of hydrogen-bond donors (Lipinski definition) is 0. The lowest BCUT2D eigenvalue weighted by Gasteiger charge is -2.25. The summed E-state index contributed by atoms with van der Waals surface area (Å²) in [7, 11) is 3.80. The second kappa shape index (κ2) is 4.01. The van der Waals surface area contributed by atoms with Crippen molar-refractivity contribution in [1.82, 2.24) is 4.90 Å². The van der Waals surface area contributed by atoms with E-state index in [0.717, 1.165) is 0 Å². The quantitative estimate of drug-likeness (QED) is 0.638. The highest BCUT2D eigenvalue weighted by atomic mass is 35.5. The van der Waals surface area contributed by atoms with Crippen LogP contribution in [0.4, 0.5) is 0 Å². The second-order valence-electron chi connectivity index (χ2n) is 2.61. The molecule has 62 valence electrons. The Kier molecular flexibility index (Phi) is 4.34. The number of rotatable bonds is 3. The van der Waals surface area contributed by atoms with Gasteiger partial charge in [0.2, 0.25) is 0 Å². The van der Waals surface area contributed by atoms with Gasteiger partial charge in [-0.05, 0) is 21.0 Å². The Morgan fingerprint density at radius 3 is 1.90 bits per heavy atom. The Bertz CT molecular complexity index is 101. The van der Waals surface area contributed by atoms with Gasteiger partial charge < -0.3 is 4.90 Å². The topological polar surface area (TPSA) is 3.24 Å². The molecule has 10 heavy (non-hydrogen) atoms. The van der Waals surface area contributed by atoms with Crippen molar-refractivity contribution in [1.29, 1.82) is 0 Å². The van der Waals surface area contributed by atoms with Gasteiger partial charge in [0.25, 0.3) is 0 Å². The smallest absolute Gasteiger partial charge is 0.146 e. The van der Waals surface area contributed by atoms with Crippen LogP contribution in [0.3, 0.4) is 0 Å². The van der Waals surface area contributed by atoms with Crippen molar-refractivity contribution in [2.45, 2.75) is 16.6 Å². The molecule has 0 aliphatic rings. The lowest BCUT2D eigenvalue weighted by molar-refractivity contribution is 0.387. The van der Waals surface area contributed by atoms with Gasteiger partial charge in [-0.3, -0.25) is 0 Å². The zero-order valence-corrected chi connectivity index (χ0v) is 8.63. The maximum absolute atomic E-state index is 5.86. The zero-order chi connectivity index (χ0) is 8.36. The van der Waals surface area contributed by atoms with Crippen LogP contribution in [0.15, 0.2) is 0 Å². The van der Waals surface area contributed by atoms with E-state index in [1.54, 1.807) is 6.92 Å². The molecule has 0 radical (unpaired) electrons. The molecule has 0 bridgehead atoms. The average molecular weight is 205 g/mol. The summed E-state index contributed by atoms with van der Waals surface area (Å²) in [6.45, 7) is 2.35. The molecule has 0 saturated heterocycles. The zero-order valence-electron chi connectivity index (χ0n) is 6.37. The van der Waals surface area contributed by atoms with Crippen molar-refractivity contribution in [2.75, 3.05) is 20.6 Å². The molecule has 1 atom stereocenters. The van der Waals surface area contributed by atoms with Crippen LogP contribution < -0.4 is 0 Å². The molecule has 1 nitrogen and oxygen atoms in total. The van der Waals surface area contributed by atoms with Gasteiger partial charge in [0.05, 0.1) is 5.38 Å². The molecule has 0 fully saturated rings. The van der Waals surface area contributed by atoms with Crippen LogP contribution in [0.5, 0.6) is 0 Å². The number of nitrogens with zero attached hydrogens (tertiary/aromatic N) is 1. The summed E-state index contributed by atoms with van der Waals surface area (Å²) in [4.78, 5) is 1.90. The summed E-state index contributed by atoms with van der Waals surface area (Å²) in [5.41, 5.74) is 0. The van der Waals surface area contributed by atoms with Gasteiger partial charge in [-0.25, -0.2) is 0 Å². The van der Waals surface area contributed by atoms with Crippen LogP contribution in [0.1, 0.15) is 6.92 Å². The lowest BCUT2D eigenvalue weighted by atomic mass is 10.3. The minimum absolute atomic E-state index is 0.238. The van der Waals surface area contributed by atoms with Crippen molar-refractivity contribution in [2.24, 2.45) is 0 Å². The summed E-state index contributed by atoms with van der Waals surface area (Å²) in [6, 6.07) is 0. The Hall–Kier alpha value is 0.830. The molecule has 0 aromatic heterocycles. The Morgan fingerprint density at radius 2 is 1.80 bits per heavy atom. The third-order valence-corrected chi connectivity index (χ3v) is 2.60. The van der Waals surface area contributed by atoms with E-state index in [0.29, 0.717) is 6.54 Å². The van der Waals surface area contributed by atoms with Crippen LogP contribution in [0.25, 0.3) is 0 Å². The maximum atomic E-state index is 5.86. The van der Waals surface area contributed by atoms with Gasteiger partial charge in [0.1, 0.15) is 4.33 Å². The van der Waals surface area contributed by atoms with Crippen LogP contribution in [-0.4, -0.2) is 35.3 Å². The van der Waals surface area contributed by atoms with Crippen molar-refractivity contribution in [3.63, 3.8) is 0 Å². The first-order valence-electron chi connectivity index (χ1n) is 3.03. The van der Waals surface area contributed by atoms with Crippen LogP contribution in [0, 0.1) is 0 Å². The SMILES string of the molecule is CC(Cl)C(Cl)(Cl)CN(C)C. The number of alkyl halides is 3. The van der Waals surface area contributed by atoms with E-state index in [2.05, 4.69) is 0 Å². The van der Waals surface area contributed by atoms with E-state index in [9.17, 15) is 0 Å². The largest absolute Gasteiger partial charge is 0.306 e. The minimum atomic E-state index is -0.842. The molecule has 0 saturated carbocycles. The summed E-state index contributed by atoms with van der Waals surface area (Å²) < 4.78 is -0.842. The van der Waals surface area contributed by atoms with E-state index < -0.39 is 4.33 Å². The predicted molar refractivity (Wildman–Crippen MR) is 48.3 cm³/mol. The predicted octanol–water partition coefficient (Wildman–Crippen LogP) is 2.35. The fourth-order valence-electron chi connectivity index (χ4n) is 0.547. The maximum Gasteiger partial charge on any atom is 0.146 e. The number of halogens is 3. The van der Waals surface area contributed by atoms with Gasteiger partial charge in [-0.15, -0.1) is 11.6 Å². The highest BCUT2D eigenvalue weighted by Crippen LogP contribution is 2.29. The Morgan fingerprint density at radius 1 is 1.40 bits per heavy atom. The Balaban J connectivity index is 3.87. The number of hydrogen-bond acceptors (Lipinski definition) is 1. The summed E-state index contributed by atoms with van der Waals surface area (Å²) in [5, 5.41) is -0.238. The monoisotopic (exact) mass is 203 g/mol. The van der Waals surface area contributed by atoms with Crippen LogP contribution in [0.2, 0.25) is 0 Å². The molecular weight excluding hydrogens is 192 g/mol. The molecule has 0 amide bonds. The molecule has 0 rings (SSSR count). The molecular formula is C6H12Cl3N. The first kappa shape index (κ1) is 10.8. The second-order valence-corrected chi connectivity index (χ2v) is 4.81. The van der Waals surface area contributed by atoms with Crippen molar-refractivity contribution >= 4 is 34.8 Å². The van der Waals surface area contributed by atoms with Gasteiger partial charge in [0, 0.05) is 6.54 Å². The molecule has 0 aromatic rings. The van der Waals surface area contributed by atoms with Gasteiger partial charge >= 0.3 is 0 Å². The van der Waals surface area contributed by atoms with Crippen LogP contribution in [-0.2, 0) is 0 Å². The minimum Gasteiger partial charge on any atom is -0.306 e. The first-order valence-corrected chi connectivity index (χ1v) is 4.22. The van der Waals surface area contributed by atoms with Gasteiger partial charge in [-0.2, -0.15) is 0 Å². The fraction of sp³-hybridized carbons (Fsp3) is 1.00.